The average Bonchev–Trinajstić information content (AvgIpc) is 2.36. The summed E-state index contributed by atoms with van der Waals surface area (Å²) < 4.78 is 10.4. The third kappa shape index (κ3) is 3.91. The summed E-state index contributed by atoms with van der Waals surface area (Å²) in [5.74, 6) is 1.55. The summed E-state index contributed by atoms with van der Waals surface area (Å²) in [5.41, 5.74) is 0.736. The highest BCUT2D eigenvalue weighted by Gasteiger charge is 2.16. The van der Waals surface area contributed by atoms with Crippen molar-refractivity contribution in [3.8, 4) is 11.5 Å². The minimum Gasteiger partial charge on any atom is -0.497 e. The summed E-state index contributed by atoms with van der Waals surface area (Å²) in [4.78, 5) is 0. The van der Waals surface area contributed by atoms with Gasteiger partial charge in [-0.05, 0) is 19.9 Å². The number of aliphatic hydroxyl groups excluding tert-OH is 1. The highest BCUT2D eigenvalue weighted by molar-refractivity contribution is 5.40. The molecule has 0 saturated carbocycles. The lowest BCUT2D eigenvalue weighted by molar-refractivity contribution is 0.187. The van der Waals surface area contributed by atoms with Crippen LogP contribution in [0.25, 0.3) is 0 Å². The number of methoxy groups -OCH3 is 2. The van der Waals surface area contributed by atoms with E-state index in [0.29, 0.717) is 6.54 Å². The number of aliphatic hydroxyl groups is 1. The summed E-state index contributed by atoms with van der Waals surface area (Å²) in [5, 5.41) is 12.4. The molecule has 4 nitrogen and oxygen atoms in total. The van der Waals surface area contributed by atoms with E-state index in [9.17, 15) is 0 Å². The predicted molar refractivity (Wildman–Crippen MR) is 67.6 cm³/mol. The molecule has 2 N–H and O–H groups in total. The summed E-state index contributed by atoms with van der Waals surface area (Å²) in [6.07, 6.45) is 0. The highest BCUT2D eigenvalue weighted by Crippen LogP contribution is 2.24. The molecule has 0 heterocycles. The van der Waals surface area contributed by atoms with Gasteiger partial charge in [0.25, 0.3) is 0 Å². The zero-order chi connectivity index (χ0) is 12.9. The fraction of sp³-hybridized carbons (Fsp3) is 0.538. The van der Waals surface area contributed by atoms with Crippen LogP contribution >= 0.6 is 0 Å². The number of ether oxygens (including phenoxy) is 2. The van der Waals surface area contributed by atoms with Gasteiger partial charge >= 0.3 is 0 Å². The summed E-state index contributed by atoms with van der Waals surface area (Å²) in [6.45, 7) is 4.62. The van der Waals surface area contributed by atoms with Crippen molar-refractivity contribution in [2.75, 3.05) is 20.8 Å². The molecular weight excluding hydrogens is 218 g/mol. The van der Waals surface area contributed by atoms with Gasteiger partial charge in [0.1, 0.15) is 11.5 Å². The van der Waals surface area contributed by atoms with E-state index in [1.165, 1.54) is 0 Å². The van der Waals surface area contributed by atoms with E-state index in [4.69, 9.17) is 14.6 Å². The Balaban J connectivity index is 2.77. The number of benzene rings is 1. The Kier molecular flexibility index (Phi) is 4.78. The van der Waals surface area contributed by atoms with Crippen LogP contribution in [0, 0.1) is 0 Å². The van der Waals surface area contributed by atoms with E-state index in [1.54, 1.807) is 14.2 Å². The molecule has 0 radical (unpaired) electrons. The van der Waals surface area contributed by atoms with Gasteiger partial charge in [-0.3, -0.25) is 0 Å². The van der Waals surface area contributed by atoms with E-state index >= 15 is 0 Å². The van der Waals surface area contributed by atoms with Crippen molar-refractivity contribution in [1.82, 2.24) is 5.32 Å². The van der Waals surface area contributed by atoms with Gasteiger partial charge in [0.05, 0.1) is 20.8 Å². The van der Waals surface area contributed by atoms with E-state index in [0.717, 1.165) is 17.1 Å². The van der Waals surface area contributed by atoms with Crippen molar-refractivity contribution < 1.29 is 14.6 Å². The maximum absolute atomic E-state index is 9.17. The largest absolute Gasteiger partial charge is 0.497 e. The van der Waals surface area contributed by atoms with Crippen molar-refractivity contribution in [1.29, 1.82) is 0 Å². The van der Waals surface area contributed by atoms with Gasteiger partial charge in [0.15, 0.2) is 0 Å². The number of hydrogen-bond donors (Lipinski definition) is 2. The lowest BCUT2D eigenvalue weighted by atomic mass is 10.1. The molecule has 0 aliphatic carbocycles. The van der Waals surface area contributed by atoms with Gasteiger partial charge < -0.3 is 19.9 Å². The summed E-state index contributed by atoms with van der Waals surface area (Å²) >= 11 is 0. The molecule has 0 fully saturated rings. The van der Waals surface area contributed by atoms with E-state index < -0.39 is 0 Å². The van der Waals surface area contributed by atoms with Crippen molar-refractivity contribution in [2.45, 2.75) is 25.9 Å². The Labute approximate surface area is 103 Å². The number of rotatable bonds is 6. The second kappa shape index (κ2) is 5.89. The lowest BCUT2D eigenvalue weighted by Crippen LogP contribution is -2.42. The predicted octanol–water partition coefficient (Wildman–Crippen LogP) is 1.56. The first-order chi connectivity index (χ1) is 8.02. The van der Waals surface area contributed by atoms with Gasteiger partial charge in [-0.2, -0.15) is 0 Å². The van der Waals surface area contributed by atoms with E-state index in [1.807, 2.05) is 32.0 Å². The molecule has 0 aliphatic heterocycles. The van der Waals surface area contributed by atoms with Crippen molar-refractivity contribution in [3.63, 3.8) is 0 Å². The standard InChI is InChI=1S/C13H21NO3/c1-13(2,9-15)14-8-10-5-6-11(16-3)7-12(10)17-4/h5-7,14-15H,8-9H2,1-4H3. The van der Waals surface area contributed by atoms with Crippen LogP contribution in [0.2, 0.25) is 0 Å². The second-order valence-corrected chi connectivity index (χ2v) is 4.57. The first-order valence-corrected chi connectivity index (χ1v) is 5.59. The SMILES string of the molecule is COc1ccc(CNC(C)(C)CO)c(OC)c1. The maximum Gasteiger partial charge on any atom is 0.127 e. The molecule has 17 heavy (non-hydrogen) atoms. The van der Waals surface area contributed by atoms with Gasteiger partial charge in [0.2, 0.25) is 0 Å². The van der Waals surface area contributed by atoms with Gasteiger partial charge in [-0.15, -0.1) is 0 Å². The molecular formula is C13H21NO3. The Morgan fingerprint density at radius 1 is 1.24 bits per heavy atom. The lowest BCUT2D eigenvalue weighted by Gasteiger charge is -2.24. The molecule has 0 amide bonds. The molecule has 0 saturated heterocycles. The number of nitrogens with one attached hydrogen (secondary N) is 1. The van der Waals surface area contributed by atoms with Gasteiger partial charge in [0, 0.05) is 23.7 Å². The van der Waals surface area contributed by atoms with Crippen LogP contribution in [0.1, 0.15) is 19.4 Å². The Bertz CT molecular complexity index is 364. The van der Waals surface area contributed by atoms with Gasteiger partial charge in [-0.25, -0.2) is 0 Å². The zero-order valence-corrected chi connectivity index (χ0v) is 10.9. The first kappa shape index (κ1) is 13.8. The maximum atomic E-state index is 9.17. The minimum absolute atomic E-state index is 0.0888. The van der Waals surface area contributed by atoms with Crippen LogP contribution in [-0.4, -0.2) is 31.5 Å². The van der Waals surface area contributed by atoms with Crippen LogP contribution in [0.3, 0.4) is 0 Å². The second-order valence-electron chi connectivity index (χ2n) is 4.57. The van der Waals surface area contributed by atoms with Crippen LogP contribution in [0.4, 0.5) is 0 Å². The Morgan fingerprint density at radius 3 is 2.47 bits per heavy atom. The molecule has 0 spiro atoms. The Morgan fingerprint density at radius 2 is 1.94 bits per heavy atom. The van der Waals surface area contributed by atoms with Crippen LogP contribution in [0.5, 0.6) is 11.5 Å². The summed E-state index contributed by atoms with van der Waals surface area (Å²) in [6, 6.07) is 5.70. The zero-order valence-electron chi connectivity index (χ0n) is 10.9. The molecule has 0 atom stereocenters. The normalized spacial score (nSPS) is 11.4. The molecule has 1 aromatic carbocycles. The smallest absolute Gasteiger partial charge is 0.127 e. The van der Waals surface area contributed by atoms with Crippen molar-refractivity contribution >= 4 is 0 Å². The third-order valence-corrected chi connectivity index (χ3v) is 2.65. The van der Waals surface area contributed by atoms with Crippen LogP contribution in [-0.2, 0) is 6.54 Å². The molecule has 0 bridgehead atoms. The van der Waals surface area contributed by atoms with E-state index in [2.05, 4.69) is 5.32 Å². The fourth-order valence-corrected chi connectivity index (χ4v) is 1.39. The summed E-state index contributed by atoms with van der Waals surface area (Å²) in [7, 11) is 3.26. The molecule has 0 aliphatic rings. The molecule has 0 unspecified atom stereocenters. The fourth-order valence-electron chi connectivity index (χ4n) is 1.39. The molecule has 0 aromatic heterocycles. The quantitative estimate of drug-likeness (QED) is 0.791. The molecule has 96 valence electrons. The van der Waals surface area contributed by atoms with Crippen LogP contribution in [0.15, 0.2) is 18.2 Å². The monoisotopic (exact) mass is 239 g/mol. The van der Waals surface area contributed by atoms with Gasteiger partial charge in [-0.1, -0.05) is 6.07 Å². The van der Waals surface area contributed by atoms with Crippen molar-refractivity contribution in [2.24, 2.45) is 0 Å². The molecule has 1 rings (SSSR count). The minimum atomic E-state index is -0.301. The number of hydrogen-bond acceptors (Lipinski definition) is 4. The topological polar surface area (TPSA) is 50.7 Å². The molecule has 4 heteroatoms. The first-order valence-electron chi connectivity index (χ1n) is 5.59. The van der Waals surface area contributed by atoms with Crippen LogP contribution < -0.4 is 14.8 Å². The van der Waals surface area contributed by atoms with E-state index in [-0.39, 0.29) is 12.1 Å². The molecule has 1 aromatic rings. The van der Waals surface area contributed by atoms with Crippen molar-refractivity contribution in [3.05, 3.63) is 23.8 Å². The average molecular weight is 239 g/mol. The Hall–Kier alpha value is -1.26. The highest BCUT2D eigenvalue weighted by atomic mass is 16.5. The third-order valence-electron chi connectivity index (χ3n) is 2.65.